The fraction of sp³-hybridized carbons (Fsp3) is 0.182. The van der Waals surface area contributed by atoms with Gasteiger partial charge in [-0.25, -0.2) is 13.4 Å². The Balaban J connectivity index is 2.40. The van der Waals surface area contributed by atoms with Crippen LogP contribution in [0.15, 0.2) is 41.7 Å². The van der Waals surface area contributed by atoms with E-state index in [1.54, 1.807) is 30.6 Å². The van der Waals surface area contributed by atoms with E-state index >= 15 is 0 Å². The van der Waals surface area contributed by atoms with E-state index in [1.807, 2.05) is 17.8 Å². The molecular weight excluding hydrogens is 224 g/mol. The van der Waals surface area contributed by atoms with Crippen LogP contribution in [-0.4, -0.2) is 24.2 Å². The van der Waals surface area contributed by atoms with Crippen molar-refractivity contribution in [1.82, 2.24) is 9.55 Å². The first-order chi connectivity index (χ1) is 7.47. The lowest BCUT2D eigenvalue weighted by molar-refractivity contribution is 0.602. The minimum atomic E-state index is -3.12. The number of aryl methyl sites for hydroxylation is 1. The first-order valence-electron chi connectivity index (χ1n) is 4.75. The third-order valence-electron chi connectivity index (χ3n) is 2.28. The van der Waals surface area contributed by atoms with Gasteiger partial charge in [0.05, 0.1) is 16.9 Å². The van der Waals surface area contributed by atoms with Gasteiger partial charge < -0.3 is 4.57 Å². The second kappa shape index (κ2) is 3.75. The monoisotopic (exact) mass is 236 g/mol. The van der Waals surface area contributed by atoms with E-state index in [1.165, 1.54) is 6.26 Å². The van der Waals surface area contributed by atoms with E-state index in [0.29, 0.717) is 4.90 Å². The molecule has 0 saturated heterocycles. The standard InChI is InChI=1S/C11H12N2O2S/c1-13-7-11(12-8-13)9-3-5-10(6-4-9)16(2,14)15/h3-8H,1-2H3. The molecule has 2 aromatic rings. The highest BCUT2D eigenvalue weighted by atomic mass is 32.2. The Kier molecular flexibility index (Phi) is 2.55. The van der Waals surface area contributed by atoms with Gasteiger partial charge in [-0.05, 0) is 12.1 Å². The van der Waals surface area contributed by atoms with Crippen LogP contribution >= 0.6 is 0 Å². The molecule has 1 aromatic heterocycles. The molecule has 0 spiro atoms. The van der Waals surface area contributed by atoms with Gasteiger partial charge in [-0.2, -0.15) is 0 Å². The van der Waals surface area contributed by atoms with E-state index in [4.69, 9.17) is 0 Å². The largest absolute Gasteiger partial charge is 0.340 e. The minimum absolute atomic E-state index is 0.326. The average Bonchev–Trinajstić information content (AvgIpc) is 2.64. The zero-order valence-electron chi connectivity index (χ0n) is 9.08. The lowest BCUT2D eigenvalue weighted by atomic mass is 10.2. The van der Waals surface area contributed by atoms with Crippen LogP contribution in [0.4, 0.5) is 0 Å². The Morgan fingerprint density at radius 3 is 2.25 bits per heavy atom. The van der Waals surface area contributed by atoms with Gasteiger partial charge in [-0.3, -0.25) is 0 Å². The Morgan fingerprint density at radius 2 is 1.81 bits per heavy atom. The predicted molar refractivity (Wildman–Crippen MR) is 61.8 cm³/mol. The number of rotatable bonds is 2. The number of benzene rings is 1. The van der Waals surface area contributed by atoms with Crippen molar-refractivity contribution in [3.63, 3.8) is 0 Å². The molecule has 5 heteroatoms. The van der Waals surface area contributed by atoms with Crippen molar-refractivity contribution >= 4 is 9.84 Å². The molecule has 0 aliphatic heterocycles. The van der Waals surface area contributed by atoms with Crippen LogP contribution in [0, 0.1) is 0 Å². The van der Waals surface area contributed by atoms with Crippen molar-refractivity contribution in [3.8, 4) is 11.3 Å². The van der Waals surface area contributed by atoms with Crippen molar-refractivity contribution in [2.75, 3.05) is 6.26 Å². The summed E-state index contributed by atoms with van der Waals surface area (Å²) in [6.07, 6.45) is 4.79. The zero-order chi connectivity index (χ0) is 11.8. The van der Waals surface area contributed by atoms with Crippen molar-refractivity contribution in [1.29, 1.82) is 0 Å². The van der Waals surface area contributed by atoms with Gasteiger partial charge in [0.2, 0.25) is 0 Å². The number of imidazole rings is 1. The van der Waals surface area contributed by atoms with Crippen molar-refractivity contribution < 1.29 is 8.42 Å². The van der Waals surface area contributed by atoms with Crippen LogP contribution in [0.5, 0.6) is 0 Å². The van der Waals surface area contributed by atoms with Gasteiger partial charge in [0.25, 0.3) is 0 Å². The maximum Gasteiger partial charge on any atom is 0.175 e. The van der Waals surface area contributed by atoms with Crippen molar-refractivity contribution in [2.45, 2.75) is 4.90 Å². The van der Waals surface area contributed by atoms with Gasteiger partial charge in [-0.1, -0.05) is 12.1 Å². The maximum absolute atomic E-state index is 11.3. The molecule has 0 bridgehead atoms. The summed E-state index contributed by atoms with van der Waals surface area (Å²) in [5.74, 6) is 0. The second-order valence-corrected chi connectivity index (χ2v) is 5.74. The molecule has 0 atom stereocenters. The van der Waals surface area contributed by atoms with E-state index < -0.39 is 9.84 Å². The molecule has 0 amide bonds. The third-order valence-corrected chi connectivity index (χ3v) is 3.41. The quantitative estimate of drug-likeness (QED) is 0.793. The predicted octanol–water partition coefficient (Wildman–Crippen LogP) is 1.49. The van der Waals surface area contributed by atoms with Gasteiger partial charge in [0.1, 0.15) is 0 Å². The molecule has 0 fully saturated rings. The van der Waals surface area contributed by atoms with Gasteiger partial charge in [-0.15, -0.1) is 0 Å². The summed E-state index contributed by atoms with van der Waals surface area (Å²) in [5.41, 5.74) is 1.75. The molecule has 84 valence electrons. The van der Waals surface area contributed by atoms with E-state index in [-0.39, 0.29) is 0 Å². The number of sulfone groups is 1. The van der Waals surface area contributed by atoms with E-state index in [0.717, 1.165) is 11.3 Å². The molecule has 0 N–H and O–H groups in total. The number of hydrogen-bond acceptors (Lipinski definition) is 3. The summed E-state index contributed by atoms with van der Waals surface area (Å²) in [6, 6.07) is 6.72. The average molecular weight is 236 g/mol. The Morgan fingerprint density at radius 1 is 1.19 bits per heavy atom. The molecule has 0 saturated carbocycles. The number of hydrogen-bond donors (Lipinski definition) is 0. The summed E-state index contributed by atoms with van der Waals surface area (Å²) in [7, 11) is -1.23. The third kappa shape index (κ3) is 2.14. The first-order valence-corrected chi connectivity index (χ1v) is 6.64. The van der Waals surface area contributed by atoms with Crippen molar-refractivity contribution in [3.05, 3.63) is 36.8 Å². The molecule has 0 radical (unpaired) electrons. The maximum atomic E-state index is 11.3. The minimum Gasteiger partial charge on any atom is -0.340 e. The van der Waals surface area contributed by atoms with Crippen LogP contribution < -0.4 is 0 Å². The highest BCUT2D eigenvalue weighted by Gasteiger charge is 2.07. The fourth-order valence-corrected chi connectivity index (χ4v) is 2.07. The van der Waals surface area contributed by atoms with Crippen LogP contribution in [-0.2, 0) is 16.9 Å². The second-order valence-electron chi connectivity index (χ2n) is 3.72. The summed E-state index contributed by atoms with van der Waals surface area (Å²) in [6.45, 7) is 0. The van der Waals surface area contributed by atoms with Crippen molar-refractivity contribution in [2.24, 2.45) is 7.05 Å². The molecule has 0 aliphatic carbocycles. The number of aromatic nitrogens is 2. The molecule has 16 heavy (non-hydrogen) atoms. The van der Waals surface area contributed by atoms with E-state index in [9.17, 15) is 8.42 Å². The molecule has 1 heterocycles. The van der Waals surface area contributed by atoms with Crippen LogP contribution in [0.25, 0.3) is 11.3 Å². The molecule has 0 aliphatic rings. The van der Waals surface area contributed by atoms with Crippen LogP contribution in [0.1, 0.15) is 0 Å². The van der Waals surface area contributed by atoms with Crippen LogP contribution in [0.2, 0.25) is 0 Å². The van der Waals surface area contributed by atoms with E-state index in [2.05, 4.69) is 4.98 Å². The van der Waals surface area contributed by atoms with Gasteiger partial charge in [0, 0.05) is 25.1 Å². The number of nitrogens with zero attached hydrogens (tertiary/aromatic N) is 2. The van der Waals surface area contributed by atoms with Gasteiger partial charge >= 0.3 is 0 Å². The molecule has 4 nitrogen and oxygen atoms in total. The molecular formula is C11H12N2O2S. The normalized spacial score (nSPS) is 11.6. The topological polar surface area (TPSA) is 52.0 Å². The molecule has 1 aromatic carbocycles. The SMILES string of the molecule is Cn1cnc(-c2ccc(S(C)(=O)=O)cc2)c1. The highest BCUT2D eigenvalue weighted by molar-refractivity contribution is 7.90. The zero-order valence-corrected chi connectivity index (χ0v) is 9.90. The Bertz CT molecular complexity index is 597. The lowest BCUT2D eigenvalue weighted by Crippen LogP contribution is -1.96. The highest BCUT2D eigenvalue weighted by Crippen LogP contribution is 2.19. The fourth-order valence-electron chi connectivity index (χ4n) is 1.43. The molecule has 0 unspecified atom stereocenters. The Hall–Kier alpha value is -1.62. The smallest absolute Gasteiger partial charge is 0.175 e. The first kappa shape index (κ1) is 10.9. The summed E-state index contributed by atoms with van der Waals surface area (Å²) in [5, 5.41) is 0. The summed E-state index contributed by atoms with van der Waals surface area (Å²) < 4.78 is 24.4. The molecule has 2 rings (SSSR count). The van der Waals surface area contributed by atoms with Crippen LogP contribution in [0.3, 0.4) is 0 Å². The Labute approximate surface area is 94.5 Å². The van der Waals surface area contributed by atoms with Gasteiger partial charge in [0.15, 0.2) is 9.84 Å². The lowest BCUT2D eigenvalue weighted by Gasteiger charge is -1.99. The summed E-state index contributed by atoms with van der Waals surface area (Å²) >= 11 is 0. The summed E-state index contributed by atoms with van der Waals surface area (Å²) in [4.78, 5) is 4.52.